The van der Waals surface area contributed by atoms with Crippen LogP contribution in [0.15, 0.2) is 83.9 Å². The molecule has 2 heterocycles. The fourth-order valence-corrected chi connectivity index (χ4v) is 4.72. The highest BCUT2D eigenvalue weighted by atomic mass is 32.2. The number of halogens is 1. The molecule has 3 N–H and O–H groups in total. The molecule has 3 aromatic carbocycles. The zero-order valence-electron chi connectivity index (χ0n) is 18.3. The van der Waals surface area contributed by atoms with E-state index in [0.29, 0.717) is 34.1 Å². The summed E-state index contributed by atoms with van der Waals surface area (Å²) in [5.74, 6) is -0.198. The first-order valence-corrected chi connectivity index (χ1v) is 12.2. The monoisotopic (exact) mass is 489 g/mol. The van der Waals surface area contributed by atoms with Crippen LogP contribution in [0.3, 0.4) is 0 Å². The zero-order chi connectivity index (χ0) is 24.4. The van der Waals surface area contributed by atoms with E-state index >= 15 is 0 Å². The summed E-state index contributed by atoms with van der Waals surface area (Å²) in [6.45, 7) is 0.0460. The van der Waals surface area contributed by atoms with Crippen LogP contribution in [0.4, 0.5) is 21.7 Å². The lowest BCUT2D eigenvalue weighted by Gasteiger charge is -2.11. The van der Waals surface area contributed by atoms with Crippen LogP contribution < -0.4 is 15.4 Å². The van der Waals surface area contributed by atoms with Crippen molar-refractivity contribution in [3.8, 4) is 11.3 Å². The van der Waals surface area contributed by atoms with Gasteiger partial charge in [-0.1, -0.05) is 30.3 Å². The van der Waals surface area contributed by atoms with Gasteiger partial charge in [0.1, 0.15) is 5.82 Å². The van der Waals surface area contributed by atoms with E-state index in [1.807, 2.05) is 24.3 Å². The quantitative estimate of drug-likeness (QED) is 0.377. The summed E-state index contributed by atoms with van der Waals surface area (Å²) >= 11 is 0. The van der Waals surface area contributed by atoms with Gasteiger partial charge in [-0.25, -0.2) is 27.5 Å². The lowest BCUT2D eigenvalue weighted by Crippen LogP contribution is -2.23. The van der Waals surface area contributed by atoms with Gasteiger partial charge in [0.15, 0.2) is 0 Å². The van der Waals surface area contributed by atoms with E-state index in [0.717, 1.165) is 5.56 Å². The Kier molecular flexibility index (Phi) is 5.98. The number of nitrogens with zero attached hydrogens (tertiary/aromatic N) is 2. The molecule has 1 aliphatic rings. The third kappa shape index (κ3) is 5.03. The lowest BCUT2D eigenvalue weighted by atomic mass is 10.1. The molecule has 176 valence electrons. The smallest absolute Gasteiger partial charge is 0.240 e. The second kappa shape index (κ2) is 9.24. The number of carbonyl (C=O) groups is 1. The minimum atomic E-state index is -3.75. The zero-order valence-corrected chi connectivity index (χ0v) is 19.1. The van der Waals surface area contributed by atoms with Crippen molar-refractivity contribution in [3.63, 3.8) is 0 Å². The number of benzene rings is 3. The number of aromatic nitrogens is 2. The van der Waals surface area contributed by atoms with Crippen LogP contribution in [0.1, 0.15) is 11.1 Å². The normalized spacial score (nSPS) is 12.8. The molecule has 1 aromatic heterocycles. The Hall–Kier alpha value is -4.15. The molecule has 35 heavy (non-hydrogen) atoms. The van der Waals surface area contributed by atoms with Gasteiger partial charge >= 0.3 is 0 Å². The first-order valence-electron chi connectivity index (χ1n) is 10.7. The van der Waals surface area contributed by atoms with Gasteiger partial charge < -0.3 is 10.6 Å². The lowest BCUT2D eigenvalue weighted by molar-refractivity contribution is -0.115. The highest BCUT2D eigenvalue weighted by Gasteiger charge is 2.21. The van der Waals surface area contributed by atoms with Gasteiger partial charge in [-0.15, -0.1) is 0 Å². The third-order valence-electron chi connectivity index (χ3n) is 5.47. The molecule has 8 nitrogen and oxygen atoms in total. The van der Waals surface area contributed by atoms with Crippen LogP contribution in [0.25, 0.3) is 11.3 Å². The summed E-state index contributed by atoms with van der Waals surface area (Å²) in [6.07, 6.45) is 1.78. The molecule has 0 aliphatic carbocycles. The SMILES string of the molecule is O=C1Cc2cnc(Nc3ccc(S(=O)(=O)NCc4ccc(F)cc4)cc3)nc2-c2ccccc2N1. The molecule has 0 saturated carbocycles. The first-order chi connectivity index (χ1) is 16.9. The first kappa shape index (κ1) is 22.6. The number of para-hydroxylation sites is 1. The number of anilines is 3. The molecule has 5 rings (SSSR count). The van der Waals surface area contributed by atoms with Gasteiger partial charge in [-0.3, -0.25) is 4.79 Å². The van der Waals surface area contributed by atoms with Gasteiger partial charge in [0.05, 0.1) is 22.7 Å². The number of amides is 1. The number of hydrogen-bond donors (Lipinski definition) is 3. The molecule has 1 aliphatic heterocycles. The summed E-state index contributed by atoms with van der Waals surface area (Å²) in [4.78, 5) is 21.2. The minimum absolute atomic E-state index is 0.0460. The van der Waals surface area contributed by atoms with Gasteiger partial charge in [-0.05, 0) is 48.0 Å². The Morgan fingerprint density at radius 2 is 1.71 bits per heavy atom. The fraction of sp³-hybridized carbons (Fsp3) is 0.0800. The fourth-order valence-electron chi connectivity index (χ4n) is 3.71. The molecule has 0 fully saturated rings. The van der Waals surface area contributed by atoms with Gasteiger partial charge in [-0.2, -0.15) is 0 Å². The molecule has 0 radical (unpaired) electrons. The van der Waals surface area contributed by atoms with Crippen LogP contribution >= 0.6 is 0 Å². The highest BCUT2D eigenvalue weighted by Crippen LogP contribution is 2.32. The summed E-state index contributed by atoms with van der Waals surface area (Å²) in [6, 6.07) is 19.2. The molecule has 0 bridgehead atoms. The Labute approximate surface area is 201 Å². The molecule has 10 heteroatoms. The number of sulfonamides is 1. The molecule has 0 spiro atoms. The number of nitrogens with one attached hydrogen (secondary N) is 3. The average molecular weight is 490 g/mol. The maximum absolute atomic E-state index is 13.0. The predicted molar refractivity (Wildman–Crippen MR) is 130 cm³/mol. The van der Waals surface area contributed by atoms with Crippen LogP contribution in [0, 0.1) is 5.82 Å². The second-order valence-corrected chi connectivity index (χ2v) is 9.71. The van der Waals surface area contributed by atoms with Crippen molar-refractivity contribution in [2.45, 2.75) is 17.9 Å². The summed E-state index contributed by atoms with van der Waals surface area (Å²) in [5, 5.41) is 5.96. The van der Waals surface area contributed by atoms with Gasteiger partial charge in [0.2, 0.25) is 21.9 Å². The highest BCUT2D eigenvalue weighted by molar-refractivity contribution is 7.89. The van der Waals surface area contributed by atoms with E-state index in [-0.39, 0.29) is 29.6 Å². The van der Waals surface area contributed by atoms with Crippen LogP contribution in [0.2, 0.25) is 0 Å². The third-order valence-corrected chi connectivity index (χ3v) is 6.89. The van der Waals surface area contributed by atoms with E-state index < -0.39 is 10.0 Å². The van der Waals surface area contributed by atoms with Crippen LogP contribution in [0.5, 0.6) is 0 Å². The maximum Gasteiger partial charge on any atom is 0.240 e. The molecule has 0 saturated heterocycles. The molecule has 0 atom stereocenters. The molecule has 4 aromatic rings. The van der Waals surface area contributed by atoms with E-state index in [4.69, 9.17) is 0 Å². The standard InChI is InChI=1S/C25H20FN5O3S/c26-18-7-5-16(6-8-18)14-28-35(33,34)20-11-9-19(10-12-20)29-25-27-15-17-13-23(32)30-22-4-2-1-3-21(22)24(17)31-25/h1-12,15,28H,13-14H2,(H,30,32)(H,27,29,31). The van der Waals surface area contributed by atoms with Crippen molar-refractivity contribution < 1.29 is 17.6 Å². The molecular formula is C25H20FN5O3S. The number of fused-ring (bicyclic) bond motifs is 3. The number of rotatable bonds is 6. The van der Waals surface area contributed by atoms with Crippen molar-refractivity contribution in [1.82, 2.24) is 14.7 Å². The largest absolute Gasteiger partial charge is 0.325 e. The number of hydrogen-bond acceptors (Lipinski definition) is 6. The van der Waals surface area contributed by atoms with Crippen molar-refractivity contribution in [2.24, 2.45) is 0 Å². The minimum Gasteiger partial charge on any atom is -0.325 e. The summed E-state index contributed by atoms with van der Waals surface area (Å²) in [5.41, 5.74) is 4.09. The van der Waals surface area contributed by atoms with Crippen molar-refractivity contribution >= 4 is 33.3 Å². The Morgan fingerprint density at radius 3 is 2.49 bits per heavy atom. The van der Waals surface area contributed by atoms with Gasteiger partial charge in [0, 0.05) is 29.6 Å². The number of carbonyl (C=O) groups excluding carboxylic acids is 1. The Balaban J connectivity index is 1.33. The average Bonchev–Trinajstić information content (AvgIpc) is 2.99. The van der Waals surface area contributed by atoms with Crippen LogP contribution in [-0.2, 0) is 27.8 Å². The van der Waals surface area contributed by atoms with Crippen molar-refractivity contribution in [1.29, 1.82) is 0 Å². The van der Waals surface area contributed by atoms with E-state index in [9.17, 15) is 17.6 Å². The molecular weight excluding hydrogens is 469 g/mol. The topological polar surface area (TPSA) is 113 Å². The Bertz CT molecular complexity index is 1510. The van der Waals surface area contributed by atoms with E-state index in [2.05, 4.69) is 25.3 Å². The predicted octanol–water partition coefficient (Wildman–Crippen LogP) is 4.00. The van der Waals surface area contributed by atoms with Crippen molar-refractivity contribution in [3.05, 3.63) is 95.9 Å². The van der Waals surface area contributed by atoms with E-state index in [1.165, 1.54) is 36.4 Å². The second-order valence-electron chi connectivity index (χ2n) is 7.94. The maximum atomic E-state index is 13.0. The molecule has 1 amide bonds. The summed E-state index contributed by atoms with van der Waals surface area (Å²) < 4.78 is 40.8. The van der Waals surface area contributed by atoms with Gasteiger partial charge in [0.25, 0.3) is 0 Å². The summed E-state index contributed by atoms with van der Waals surface area (Å²) in [7, 11) is -3.75. The Morgan fingerprint density at radius 1 is 0.971 bits per heavy atom. The van der Waals surface area contributed by atoms with Crippen LogP contribution in [-0.4, -0.2) is 24.3 Å². The van der Waals surface area contributed by atoms with Crippen molar-refractivity contribution in [2.75, 3.05) is 10.6 Å². The van der Waals surface area contributed by atoms with E-state index in [1.54, 1.807) is 18.3 Å². The molecule has 0 unspecified atom stereocenters.